The predicted molar refractivity (Wildman–Crippen MR) is 66.1 cm³/mol. The van der Waals surface area contributed by atoms with Crippen LogP contribution in [-0.2, 0) is 4.74 Å². The van der Waals surface area contributed by atoms with E-state index in [4.69, 9.17) is 16.3 Å². The Kier molecular flexibility index (Phi) is 6.12. The quantitative estimate of drug-likeness (QED) is 0.536. The topological polar surface area (TPSA) is 26.3 Å². The third-order valence-electron chi connectivity index (χ3n) is 2.28. The number of rotatable bonds is 7. The lowest BCUT2D eigenvalue weighted by Gasteiger charge is -2.03. The van der Waals surface area contributed by atoms with Gasteiger partial charge in [-0.1, -0.05) is 24.9 Å². The first-order valence-electron chi connectivity index (χ1n) is 5.60. The average Bonchev–Trinajstić information content (AvgIpc) is 2.29. The van der Waals surface area contributed by atoms with Crippen molar-refractivity contribution in [1.29, 1.82) is 0 Å². The molecule has 1 rings (SSSR count). The Bertz CT molecular complexity index is 319. The largest absolute Gasteiger partial charge is 0.381 e. The van der Waals surface area contributed by atoms with E-state index in [9.17, 15) is 4.79 Å². The van der Waals surface area contributed by atoms with E-state index in [2.05, 4.69) is 6.92 Å². The fraction of sp³-hybridized carbons (Fsp3) is 0.462. The highest BCUT2D eigenvalue weighted by Gasteiger charge is 2.04. The summed E-state index contributed by atoms with van der Waals surface area (Å²) >= 11 is 5.74. The number of halogens is 1. The van der Waals surface area contributed by atoms with Crippen molar-refractivity contribution in [3.8, 4) is 0 Å². The van der Waals surface area contributed by atoms with Gasteiger partial charge in [0.1, 0.15) is 0 Å². The maximum Gasteiger partial charge on any atom is 0.165 e. The normalized spacial score (nSPS) is 10.4. The lowest BCUT2D eigenvalue weighted by Crippen LogP contribution is -2.05. The molecule has 88 valence electrons. The monoisotopic (exact) mass is 240 g/mol. The van der Waals surface area contributed by atoms with Gasteiger partial charge in [0.25, 0.3) is 0 Å². The van der Waals surface area contributed by atoms with Gasteiger partial charge in [0.15, 0.2) is 5.78 Å². The van der Waals surface area contributed by atoms with Crippen LogP contribution in [0.4, 0.5) is 0 Å². The minimum Gasteiger partial charge on any atom is -0.381 e. The second kappa shape index (κ2) is 7.42. The lowest BCUT2D eigenvalue weighted by atomic mass is 10.1. The Morgan fingerprint density at radius 2 is 1.94 bits per heavy atom. The molecule has 3 heteroatoms. The number of hydrogen-bond acceptors (Lipinski definition) is 2. The molecule has 16 heavy (non-hydrogen) atoms. The standard InChI is InChI=1S/C13H17ClO2/c1-2-3-9-16-10-8-13(15)11-4-6-12(14)7-5-11/h4-7H,2-3,8-10H2,1H3. The van der Waals surface area contributed by atoms with Gasteiger partial charge in [-0.25, -0.2) is 0 Å². The molecule has 0 aliphatic heterocycles. The molecule has 1 aromatic rings. The molecule has 0 N–H and O–H groups in total. The van der Waals surface area contributed by atoms with Crippen molar-refractivity contribution < 1.29 is 9.53 Å². The second-order valence-electron chi connectivity index (χ2n) is 3.65. The zero-order chi connectivity index (χ0) is 11.8. The number of ketones is 1. The van der Waals surface area contributed by atoms with Crippen molar-refractivity contribution in [1.82, 2.24) is 0 Å². The van der Waals surface area contributed by atoms with Crippen molar-refractivity contribution in [2.24, 2.45) is 0 Å². The summed E-state index contributed by atoms with van der Waals surface area (Å²) in [5.41, 5.74) is 0.698. The molecular formula is C13H17ClO2. The molecule has 1 aromatic carbocycles. The Hall–Kier alpha value is -0.860. The molecular weight excluding hydrogens is 224 g/mol. The molecule has 0 radical (unpaired) electrons. The van der Waals surface area contributed by atoms with Crippen LogP contribution in [0.15, 0.2) is 24.3 Å². The Morgan fingerprint density at radius 3 is 2.56 bits per heavy atom. The molecule has 0 bridgehead atoms. The molecule has 0 spiro atoms. The summed E-state index contributed by atoms with van der Waals surface area (Å²) in [5.74, 6) is 0.105. The van der Waals surface area contributed by atoms with Gasteiger partial charge in [-0.05, 0) is 30.7 Å². The van der Waals surface area contributed by atoms with E-state index in [1.807, 2.05) is 0 Å². The molecule has 0 aliphatic carbocycles. The highest BCUT2D eigenvalue weighted by molar-refractivity contribution is 6.30. The highest BCUT2D eigenvalue weighted by atomic mass is 35.5. The summed E-state index contributed by atoms with van der Waals surface area (Å²) in [6.45, 7) is 3.36. The van der Waals surface area contributed by atoms with Crippen LogP contribution in [0.5, 0.6) is 0 Å². The summed E-state index contributed by atoms with van der Waals surface area (Å²) in [5, 5.41) is 0.649. The zero-order valence-electron chi connectivity index (χ0n) is 9.54. The molecule has 0 saturated heterocycles. The van der Waals surface area contributed by atoms with Crippen molar-refractivity contribution >= 4 is 17.4 Å². The van der Waals surface area contributed by atoms with E-state index in [1.165, 1.54) is 0 Å². The van der Waals surface area contributed by atoms with Crippen LogP contribution < -0.4 is 0 Å². The van der Waals surface area contributed by atoms with E-state index < -0.39 is 0 Å². The van der Waals surface area contributed by atoms with Crippen molar-refractivity contribution in [2.75, 3.05) is 13.2 Å². The van der Waals surface area contributed by atoms with Gasteiger partial charge in [0.2, 0.25) is 0 Å². The first kappa shape index (κ1) is 13.2. The van der Waals surface area contributed by atoms with Crippen LogP contribution in [0, 0.1) is 0 Å². The van der Waals surface area contributed by atoms with Crippen molar-refractivity contribution in [3.63, 3.8) is 0 Å². The summed E-state index contributed by atoms with van der Waals surface area (Å²) in [4.78, 5) is 11.7. The van der Waals surface area contributed by atoms with Gasteiger partial charge in [0.05, 0.1) is 6.61 Å². The molecule has 0 saturated carbocycles. The summed E-state index contributed by atoms with van der Waals surface area (Å²) < 4.78 is 5.34. The Balaban J connectivity index is 2.27. The SMILES string of the molecule is CCCCOCCC(=O)c1ccc(Cl)cc1. The molecule has 0 unspecified atom stereocenters. The molecule has 0 fully saturated rings. The number of Topliss-reactive ketones (excluding diaryl/α,β-unsaturated/α-hetero) is 1. The lowest BCUT2D eigenvalue weighted by molar-refractivity contribution is 0.0873. The summed E-state index contributed by atoms with van der Waals surface area (Å²) in [7, 11) is 0. The second-order valence-corrected chi connectivity index (χ2v) is 4.08. The Labute approximate surface area is 102 Å². The van der Waals surface area contributed by atoms with E-state index in [0.29, 0.717) is 23.6 Å². The van der Waals surface area contributed by atoms with Crippen LogP contribution in [0.25, 0.3) is 0 Å². The molecule has 0 aromatic heterocycles. The van der Waals surface area contributed by atoms with Crippen molar-refractivity contribution in [3.05, 3.63) is 34.9 Å². The molecule has 0 aliphatic rings. The fourth-order valence-corrected chi connectivity index (χ4v) is 1.42. The number of hydrogen-bond donors (Lipinski definition) is 0. The fourth-order valence-electron chi connectivity index (χ4n) is 1.29. The van der Waals surface area contributed by atoms with Gasteiger partial charge < -0.3 is 4.74 Å². The number of unbranched alkanes of at least 4 members (excludes halogenated alkanes) is 1. The van der Waals surface area contributed by atoms with Crippen molar-refractivity contribution in [2.45, 2.75) is 26.2 Å². The van der Waals surface area contributed by atoms with Gasteiger partial charge in [0, 0.05) is 23.6 Å². The summed E-state index contributed by atoms with van der Waals surface area (Å²) in [6.07, 6.45) is 2.60. The van der Waals surface area contributed by atoms with E-state index in [0.717, 1.165) is 19.4 Å². The number of ether oxygens (including phenoxy) is 1. The van der Waals surface area contributed by atoms with Crippen LogP contribution in [-0.4, -0.2) is 19.0 Å². The molecule has 0 heterocycles. The third-order valence-corrected chi connectivity index (χ3v) is 2.53. The van der Waals surface area contributed by atoms with Crippen LogP contribution in [0.1, 0.15) is 36.5 Å². The first-order chi connectivity index (χ1) is 7.74. The van der Waals surface area contributed by atoms with Gasteiger partial charge in [-0.2, -0.15) is 0 Å². The van der Waals surface area contributed by atoms with E-state index >= 15 is 0 Å². The van der Waals surface area contributed by atoms with Gasteiger partial charge >= 0.3 is 0 Å². The average molecular weight is 241 g/mol. The van der Waals surface area contributed by atoms with Crippen LogP contribution >= 0.6 is 11.6 Å². The zero-order valence-corrected chi connectivity index (χ0v) is 10.3. The van der Waals surface area contributed by atoms with E-state index in [1.54, 1.807) is 24.3 Å². The van der Waals surface area contributed by atoms with Crippen LogP contribution in [0.3, 0.4) is 0 Å². The van der Waals surface area contributed by atoms with E-state index in [-0.39, 0.29) is 5.78 Å². The predicted octanol–water partition coefficient (Wildman–Crippen LogP) is 3.73. The number of carbonyl (C=O) groups is 1. The molecule has 0 amide bonds. The third kappa shape index (κ3) is 4.77. The smallest absolute Gasteiger partial charge is 0.165 e. The molecule has 2 nitrogen and oxygen atoms in total. The minimum atomic E-state index is 0.105. The Morgan fingerprint density at radius 1 is 1.25 bits per heavy atom. The maximum absolute atomic E-state index is 11.7. The van der Waals surface area contributed by atoms with Crippen LogP contribution in [0.2, 0.25) is 5.02 Å². The van der Waals surface area contributed by atoms with Gasteiger partial charge in [-0.15, -0.1) is 0 Å². The summed E-state index contributed by atoms with van der Waals surface area (Å²) in [6, 6.07) is 6.95. The van der Waals surface area contributed by atoms with Gasteiger partial charge in [-0.3, -0.25) is 4.79 Å². The minimum absolute atomic E-state index is 0.105. The molecule has 0 atom stereocenters. The number of carbonyl (C=O) groups excluding carboxylic acids is 1. The maximum atomic E-state index is 11.7. The number of benzene rings is 1. The highest BCUT2D eigenvalue weighted by Crippen LogP contribution is 2.11. The first-order valence-corrected chi connectivity index (χ1v) is 5.98.